The minimum absolute atomic E-state index is 0.0551. The van der Waals surface area contributed by atoms with Gasteiger partial charge in [-0.1, -0.05) is 31.2 Å². The summed E-state index contributed by atoms with van der Waals surface area (Å²) in [7, 11) is 1.71. The molecule has 0 atom stereocenters. The van der Waals surface area contributed by atoms with Crippen LogP contribution in [0.4, 0.5) is 4.39 Å². The number of hydrogen-bond acceptors (Lipinski definition) is 2. The fraction of sp³-hybridized carbons (Fsp3) is 0.333. The molecular formula is C21H27FN4O. The third-order valence-corrected chi connectivity index (χ3v) is 4.03. The summed E-state index contributed by atoms with van der Waals surface area (Å²) in [6, 6.07) is 14.0. The first-order valence-corrected chi connectivity index (χ1v) is 9.18. The number of aliphatic imine (C=N–C) groups is 1. The molecule has 0 spiro atoms. The highest BCUT2D eigenvalue weighted by Gasteiger charge is 2.06. The lowest BCUT2D eigenvalue weighted by Gasteiger charge is -2.12. The Balaban J connectivity index is 1.81. The first kappa shape index (κ1) is 20.4. The van der Waals surface area contributed by atoms with Crippen LogP contribution in [-0.4, -0.2) is 32.0 Å². The number of hydrogen-bond donors (Lipinski definition) is 3. The van der Waals surface area contributed by atoms with Crippen LogP contribution in [0.3, 0.4) is 0 Å². The second-order valence-corrected chi connectivity index (χ2v) is 6.19. The first-order valence-electron chi connectivity index (χ1n) is 9.18. The summed E-state index contributed by atoms with van der Waals surface area (Å²) in [4.78, 5) is 16.3. The van der Waals surface area contributed by atoms with E-state index in [1.807, 2.05) is 31.2 Å². The second-order valence-electron chi connectivity index (χ2n) is 6.19. The molecule has 0 fully saturated rings. The molecule has 1 amide bonds. The number of rotatable bonds is 8. The number of nitrogens with one attached hydrogen (secondary N) is 3. The smallest absolute Gasteiger partial charge is 0.251 e. The SMILES string of the molecule is CCCNC(=O)c1cccc(CNC(=NC)NCCc2ccc(F)cc2)c1. The van der Waals surface area contributed by atoms with Crippen molar-refractivity contribution in [1.82, 2.24) is 16.0 Å². The summed E-state index contributed by atoms with van der Waals surface area (Å²) in [5.74, 6) is 0.397. The van der Waals surface area contributed by atoms with Crippen LogP contribution in [0.15, 0.2) is 53.5 Å². The van der Waals surface area contributed by atoms with Crippen molar-refractivity contribution in [2.24, 2.45) is 4.99 Å². The summed E-state index contributed by atoms with van der Waals surface area (Å²) >= 11 is 0. The predicted octanol–water partition coefficient (Wildman–Crippen LogP) is 2.87. The third kappa shape index (κ3) is 7.09. The maximum Gasteiger partial charge on any atom is 0.251 e. The van der Waals surface area contributed by atoms with Crippen LogP contribution in [0.25, 0.3) is 0 Å². The zero-order chi connectivity index (χ0) is 19.5. The van der Waals surface area contributed by atoms with E-state index in [0.29, 0.717) is 31.2 Å². The molecule has 2 rings (SSSR count). The molecule has 0 saturated carbocycles. The minimum Gasteiger partial charge on any atom is -0.356 e. The van der Waals surface area contributed by atoms with E-state index in [9.17, 15) is 9.18 Å². The summed E-state index contributed by atoms with van der Waals surface area (Å²) in [6.45, 7) is 3.94. The van der Waals surface area contributed by atoms with Crippen molar-refractivity contribution in [3.05, 3.63) is 71.0 Å². The molecule has 0 aliphatic carbocycles. The molecule has 2 aromatic rings. The van der Waals surface area contributed by atoms with Crippen molar-refractivity contribution in [3.63, 3.8) is 0 Å². The summed E-state index contributed by atoms with van der Waals surface area (Å²) in [5.41, 5.74) is 2.72. The zero-order valence-electron chi connectivity index (χ0n) is 15.9. The average molecular weight is 370 g/mol. The number of benzene rings is 2. The van der Waals surface area contributed by atoms with Gasteiger partial charge in [-0.15, -0.1) is 0 Å². The Morgan fingerprint density at radius 2 is 1.78 bits per heavy atom. The molecular weight excluding hydrogens is 343 g/mol. The Kier molecular flexibility index (Phi) is 8.29. The fourth-order valence-corrected chi connectivity index (χ4v) is 2.55. The van der Waals surface area contributed by atoms with Gasteiger partial charge in [0.05, 0.1) is 0 Å². The quantitative estimate of drug-likeness (QED) is 0.494. The molecule has 0 aliphatic rings. The van der Waals surface area contributed by atoms with Crippen LogP contribution in [0.1, 0.15) is 34.8 Å². The van der Waals surface area contributed by atoms with Crippen molar-refractivity contribution in [2.45, 2.75) is 26.3 Å². The Bertz CT molecular complexity index is 759. The van der Waals surface area contributed by atoms with E-state index in [4.69, 9.17) is 0 Å². The van der Waals surface area contributed by atoms with Gasteiger partial charge >= 0.3 is 0 Å². The van der Waals surface area contributed by atoms with Crippen LogP contribution in [0.5, 0.6) is 0 Å². The highest BCUT2D eigenvalue weighted by Crippen LogP contribution is 2.06. The van der Waals surface area contributed by atoms with Crippen LogP contribution >= 0.6 is 0 Å². The normalized spacial score (nSPS) is 11.1. The Morgan fingerprint density at radius 3 is 2.48 bits per heavy atom. The summed E-state index contributed by atoms with van der Waals surface area (Å²) in [6.07, 6.45) is 1.68. The van der Waals surface area contributed by atoms with Crippen molar-refractivity contribution < 1.29 is 9.18 Å². The van der Waals surface area contributed by atoms with E-state index in [1.54, 1.807) is 19.2 Å². The summed E-state index contributed by atoms with van der Waals surface area (Å²) < 4.78 is 12.9. The van der Waals surface area contributed by atoms with Gasteiger partial charge in [-0.3, -0.25) is 9.79 Å². The van der Waals surface area contributed by atoms with Crippen LogP contribution in [-0.2, 0) is 13.0 Å². The van der Waals surface area contributed by atoms with Gasteiger partial charge in [0, 0.05) is 32.2 Å². The van der Waals surface area contributed by atoms with Crippen LogP contribution in [0.2, 0.25) is 0 Å². The van der Waals surface area contributed by atoms with Gasteiger partial charge in [0.1, 0.15) is 5.82 Å². The molecule has 27 heavy (non-hydrogen) atoms. The largest absolute Gasteiger partial charge is 0.356 e. The topological polar surface area (TPSA) is 65.5 Å². The van der Waals surface area contributed by atoms with Crippen LogP contribution < -0.4 is 16.0 Å². The monoisotopic (exact) mass is 370 g/mol. The highest BCUT2D eigenvalue weighted by atomic mass is 19.1. The minimum atomic E-state index is -0.227. The lowest BCUT2D eigenvalue weighted by Crippen LogP contribution is -2.37. The molecule has 0 heterocycles. The van der Waals surface area contributed by atoms with Gasteiger partial charge in [0.25, 0.3) is 5.91 Å². The number of carbonyl (C=O) groups excluding carboxylic acids is 1. The number of nitrogens with zero attached hydrogens (tertiary/aromatic N) is 1. The Morgan fingerprint density at radius 1 is 1.00 bits per heavy atom. The van der Waals surface area contributed by atoms with E-state index >= 15 is 0 Å². The van der Waals surface area contributed by atoms with Crippen molar-refractivity contribution in [2.75, 3.05) is 20.1 Å². The van der Waals surface area contributed by atoms with Crippen molar-refractivity contribution in [1.29, 1.82) is 0 Å². The second kappa shape index (κ2) is 11.0. The van der Waals surface area contributed by atoms with E-state index < -0.39 is 0 Å². The Labute approximate surface area is 160 Å². The lowest BCUT2D eigenvalue weighted by molar-refractivity contribution is 0.0953. The first-order chi connectivity index (χ1) is 13.1. The van der Waals surface area contributed by atoms with E-state index in [0.717, 1.165) is 24.0 Å². The molecule has 0 unspecified atom stereocenters. The summed E-state index contributed by atoms with van der Waals surface area (Å²) in [5, 5.41) is 9.35. The van der Waals surface area contributed by atoms with Crippen molar-refractivity contribution >= 4 is 11.9 Å². The maximum absolute atomic E-state index is 12.9. The third-order valence-electron chi connectivity index (χ3n) is 4.03. The van der Waals surface area contributed by atoms with Crippen molar-refractivity contribution in [3.8, 4) is 0 Å². The van der Waals surface area contributed by atoms with E-state index in [-0.39, 0.29) is 11.7 Å². The van der Waals surface area contributed by atoms with Crippen LogP contribution in [0, 0.1) is 5.82 Å². The van der Waals surface area contributed by atoms with Gasteiger partial charge < -0.3 is 16.0 Å². The maximum atomic E-state index is 12.9. The number of halogens is 1. The van der Waals surface area contributed by atoms with Gasteiger partial charge in [-0.25, -0.2) is 4.39 Å². The number of guanidine groups is 1. The molecule has 0 aromatic heterocycles. The molecule has 3 N–H and O–H groups in total. The Hall–Kier alpha value is -2.89. The molecule has 144 valence electrons. The number of amides is 1. The molecule has 6 heteroatoms. The molecule has 0 radical (unpaired) electrons. The standard InChI is InChI=1S/C21H27FN4O/c1-3-12-24-20(27)18-6-4-5-17(14-18)15-26-21(23-2)25-13-11-16-7-9-19(22)10-8-16/h4-10,14H,3,11-13,15H2,1-2H3,(H,24,27)(H2,23,25,26). The van der Waals surface area contributed by atoms with Gasteiger partial charge in [-0.05, 0) is 48.2 Å². The predicted molar refractivity (Wildman–Crippen MR) is 107 cm³/mol. The van der Waals surface area contributed by atoms with Gasteiger partial charge in [0.15, 0.2) is 5.96 Å². The highest BCUT2D eigenvalue weighted by molar-refractivity contribution is 5.94. The molecule has 0 aliphatic heterocycles. The number of carbonyl (C=O) groups is 1. The average Bonchev–Trinajstić information content (AvgIpc) is 2.70. The molecule has 0 saturated heterocycles. The molecule has 5 nitrogen and oxygen atoms in total. The van der Waals surface area contributed by atoms with Gasteiger partial charge in [0.2, 0.25) is 0 Å². The van der Waals surface area contributed by atoms with E-state index in [2.05, 4.69) is 20.9 Å². The lowest BCUT2D eigenvalue weighted by atomic mass is 10.1. The van der Waals surface area contributed by atoms with E-state index in [1.165, 1.54) is 12.1 Å². The fourth-order valence-electron chi connectivity index (χ4n) is 2.55. The van der Waals surface area contributed by atoms with Gasteiger partial charge in [-0.2, -0.15) is 0 Å². The zero-order valence-corrected chi connectivity index (χ0v) is 15.9. The molecule has 2 aromatic carbocycles. The molecule has 0 bridgehead atoms.